The first-order valence-corrected chi connectivity index (χ1v) is 11.2. The van der Waals surface area contributed by atoms with E-state index in [1.54, 1.807) is 23.1 Å². The molecule has 1 aromatic heterocycles. The van der Waals surface area contributed by atoms with Crippen molar-refractivity contribution in [1.82, 2.24) is 9.88 Å². The molecule has 1 aliphatic rings. The first kappa shape index (κ1) is 23.2. The van der Waals surface area contributed by atoms with Crippen molar-refractivity contribution >= 4 is 23.9 Å². The maximum atomic E-state index is 14.0. The molecule has 1 aliphatic heterocycles. The first-order chi connectivity index (χ1) is 16.3. The molecule has 0 saturated carbocycles. The zero-order valence-electron chi connectivity index (χ0n) is 19.6. The SMILES string of the molecule is CC(C)(C)c1ccc(/C=C/c2nc(C#N)c(N3CCN(C(=O)c4ccccc4F)CC3)o2)cc1. The van der Waals surface area contributed by atoms with Gasteiger partial charge in [-0.25, -0.2) is 4.39 Å². The third-order valence-electron chi connectivity index (χ3n) is 5.89. The maximum Gasteiger partial charge on any atom is 0.256 e. The molecule has 0 N–H and O–H groups in total. The van der Waals surface area contributed by atoms with Gasteiger partial charge in [0.2, 0.25) is 17.5 Å². The second-order valence-electron chi connectivity index (χ2n) is 9.28. The number of hydrogen-bond donors (Lipinski definition) is 0. The fourth-order valence-corrected chi connectivity index (χ4v) is 3.87. The van der Waals surface area contributed by atoms with E-state index in [1.807, 2.05) is 23.1 Å². The number of nitrogens with zero attached hydrogens (tertiary/aromatic N) is 4. The number of carbonyl (C=O) groups excluding carboxylic acids is 1. The van der Waals surface area contributed by atoms with E-state index in [1.165, 1.54) is 17.7 Å². The molecule has 0 spiro atoms. The minimum absolute atomic E-state index is 0.0660. The monoisotopic (exact) mass is 458 g/mol. The largest absolute Gasteiger partial charge is 0.420 e. The van der Waals surface area contributed by atoms with Crippen molar-refractivity contribution < 1.29 is 13.6 Å². The molecule has 1 amide bonds. The average Bonchev–Trinajstić information content (AvgIpc) is 3.26. The average molecular weight is 459 g/mol. The zero-order chi connectivity index (χ0) is 24.3. The van der Waals surface area contributed by atoms with Crippen LogP contribution in [0, 0.1) is 17.1 Å². The van der Waals surface area contributed by atoms with Gasteiger partial charge in [-0.15, -0.1) is 0 Å². The van der Waals surface area contributed by atoms with Gasteiger partial charge in [-0.05, 0) is 34.8 Å². The molecule has 34 heavy (non-hydrogen) atoms. The molecule has 7 heteroatoms. The van der Waals surface area contributed by atoms with Gasteiger partial charge in [-0.3, -0.25) is 4.79 Å². The van der Waals surface area contributed by atoms with Crippen LogP contribution in [0.2, 0.25) is 0 Å². The third kappa shape index (κ3) is 5.01. The molecule has 0 atom stereocenters. The summed E-state index contributed by atoms with van der Waals surface area (Å²) in [6.45, 7) is 8.22. The van der Waals surface area contributed by atoms with Gasteiger partial charge in [-0.2, -0.15) is 10.2 Å². The van der Waals surface area contributed by atoms with Crippen molar-refractivity contribution in [3.63, 3.8) is 0 Å². The molecule has 6 nitrogen and oxygen atoms in total. The molecule has 0 unspecified atom stereocenters. The minimum atomic E-state index is -0.526. The number of rotatable bonds is 4. The summed E-state index contributed by atoms with van der Waals surface area (Å²) >= 11 is 0. The lowest BCUT2D eigenvalue weighted by atomic mass is 9.87. The van der Waals surface area contributed by atoms with Crippen LogP contribution in [0.3, 0.4) is 0 Å². The molecule has 0 radical (unpaired) electrons. The molecule has 3 aromatic rings. The highest BCUT2D eigenvalue weighted by molar-refractivity contribution is 5.94. The number of aromatic nitrogens is 1. The summed E-state index contributed by atoms with van der Waals surface area (Å²) in [4.78, 5) is 20.5. The van der Waals surface area contributed by atoms with Crippen LogP contribution in [0.5, 0.6) is 0 Å². The van der Waals surface area contributed by atoms with Gasteiger partial charge in [0.1, 0.15) is 11.9 Å². The lowest BCUT2D eigenvalue weighted by Crippen LogP contribution is -2.49. The summed E-state index contributed by atoms with van der Waals surface area (Å²) in [5.41, 5.74) is 2.62. The Labute approximate surface area is 198 Å². The van der Waals surface area contributed by atoms with Gasteiger partial charge in [0, 0.05) is 32.3 Å². The van der Waals surface area contributed by atoms with Gasteiger partial charge in [0.25, 0.3) is 5.91 Å². The Kier molecular flexibility index (Phi) is 6.51. The summed E-state index contributed by atoms with van der Waals surface area (Å²) in [5.74, 6) is -0.127. The smallest absolute Gasteiger partial charge is 0.256 e. The number of amides is 1. The topological polar surface area (TPSA) is 73.4 Å². The first-order valence-electron chi connectivity index (χ1n) is 11.2. The quantitative estimate of drug-likeness (QED) is 0.543. The molecule has 174 valence electrons. The second-order valence-corrected chi connectivity index (χ2v) is 9.28. The molecule has 0 aliphatic carbocycles. The number of hydrogen-bond acceptors (Lipinski definition) is 5. The minimum Gasteiger partial charge on any atom is -0.420 e. The summed E-state index contributed by atoms with van der Waals surface area (Å²) in [6, 6.07) is 16.4. The van der Waals surface area contributed by atoms with Gasteiger partial charge in [-0.1, -0.05) is 57.2 Å². The number of carbonyl (C=O) groups is 1. The normalized spacial score (nSPS) is 14.4. The lowest BCUT2D eigenvalue weighted by molar-refractivity contribution is 0.0740. The predicted octanol–water partition coefficient (Wildman–Crippen LogP) is 5.12. The van der Waals surface area contributed by atoms with Crippen LogP contribution in [0.4, 0.5) is 10.3 Å². The van der Waals surface area contributed by atoms with E-state index < -0.39 is 5.82 Å². The van der Waals surface area contributed by atoms with Crippen LogP contribution in [0.15, 0.2) is 52.9 Å². The van der Waals surface area contributed by atoms with Gasteiger partial charge >= 0.3 is 0 Å². The molecule has 2 heterocycles. The Morgan fingerprint density at radius 2 is 1.74 bits per heavy atom. The van der Waals surface area contributed by atoms with Crippen LogP contribution in [-0.2, 0) is 5.41 Å². The van der Waals surface area contributed by atoms with E-state index >= 15 is 0 Å². The van der Waals surface area contributed by atoms with Crippen molar-refractivity contribution in [2.24, 2.45) is 0 Å². The van der Waals surface area contributed by atoms with E-state index in [0.717, 1.165) is 5.56 Å². The fraction of sp³-hybridized carbons (Fsp3) is 0.296. The number of nitriles is 1. The van der Waals surface area contributed by atoms with E-state index in [2.05, 4.69) is 44.0 Å². The van der Waals surface area contributed by atoms with E-state index in [0.29, 0.717) is 38.0 Å². The van der Waals surface area contributed by atoms with Crippen molar-refractivity contribution in [3.05, 3.63) is 82.6 Å². The van der Waals surface area contributed by atoms with E-state index in [4.69, 9.17) is 4.42 Å². The Morgan fingerprint density at radius 3 is 2.35 bits per heavy atom. The predicted molar refractivity (Wildman–Crippen MR) is 130 cm³/mol. The van der Waals surface area contributed by atoms with Crippen molar-refractivity contribution in [3.8, 4) is 6.07 Å². The highest BCUT2D eigenvalue weighted by Gasteiger charge is 2.27. The summed E-state index contributed by atoms with van der Waals surface area (Å²) in [5, 5.41) is 9.54. The van der Waals surface area contributed by atoms with Crippen LogP contribution >= 0.6 is 0 Å². The van der Waals surface area contributed by atoms with Crippen molar-refractivity contribution in [1.29, 1.82) is 5.26 Å². The van der Waals surface area contributed by atoms with E-state index in [-0.39, 0.29) is 22.6 Å². The molecule has 2 aromatic carbocycles. The molecular weight excluding hydrogens is 431 g/mol. The van der Waals surface area contributed by atoms with Crippen LogP contribution < -0.4 is 4.90 Å². The standard InChI is InChI=1S/C27H27FN4O2/c1-27(2,3)20-11-8-19(9-12-20)10-13-24-30-23(18-29)26(34-24)32-16-14-31(15-17-32)25(33)21-6-4-5-7-22(21)28/h4-13H,14-17H2,1-3H3/b13-10+. The van der Waals surface area contributed by atoms with Crippen molar-refractivity contribution in [2.75, 3.05) is 31.1 Å². The maximum absolute atomic E-state index is 14.0. The zero-order valence-corrected chi connectivity index (χ0v) is 19.6. The number of oxazole rings is 1. The van der Waals surface area contributed by atoms with Crippen LogP contribution in [0.25, 0.3) is 12.2 Å². The number of benzene rings is 2. The lowest BCUT2D eigenvalue weighted by Gasteiger charge is -2.34. The number of halogens is 1. The summed E-state index contributed by atoms with van der Waals surface area (Å²) in [7, 11) is 0. The summed E-state index contributed by atoms with van der Waals surface area (Å²) < 4.78 is 19.9. The highest BCUT2D eigenvalue weighted by Crippen LogP contribution is 2.26. The Morgan fingerprint density at radius 1 is 1.06 bits per heavy atom. The number of piperazine rings is 1. The highest BCUT2D eigenvalue weighted by atomic mass is 19.1. The summed E-state index contributed by atoms with van der Waals surface area (Å²) in [6.07, 6.45) is 3.64. The number of anilines is 1. The van der Waals surface area contributed by atoms with Crippen LogP contribution in [0.1, 0.15) is 53.8 Å². The molecular formula is C27H27FN4O2. The second kappa shape index (κ2) is 9.52. The van der Waals surface area contributed by atoms with E-state index in [9.17, 15) is 14.4 Å². The Balaban J connectivity index is 1.43. The molecule has 1 fully saturated rings. The fourth-order valence-electron chi connectivity index (χ4n) is 3.87. The molecule has 4 rings (SSSR count). The van der Waals surface area contributed by atoms with Gasteiger partial charge < -0.3 is 14.2 Å². The third-order valence-corrected chi connectivity index (χ3v) is 5.89. The van der Waals surface area contributed by atoms with Gasteiger partial charge in [0.05, 0.1) is 5.56 Å². The Bertz CT molecular complexity index is 1240. The van der Waals surface area contributed by atoms with Crippen molar-refractivity contribution in [2.45, 2.75) is 26.2 Å². The van der Waals surface area contributed by atoms with Crippen LogP contribution in [-0.4, -0.2) is 42.0 Å². The molecule has 1 saturated heterocycles. The van der Waals surface area contributed by atoms with Gasteiger partial charge in [0.15, 0.2) is 0 Å². The Hall–Kier alpha value is -3.92. The molecule has 0 bridgehead atoms.